The number of allylic oxidation sites excluding steroid dienone is 1. The van der Waals surface area contributed by atoms with Gasteiger partial charge in [-0.3, -0.25) is 9.69 Å². The molecule has 1 saturated heterocycles. The van der Waals surface area contributed by atoms with Gasteiger partial charge in [0, 0.05) is 52.2 Å². The lowest BCUT2D eigenvalue weighted by molar-refractivity contribution is -0.155. The molecule has 0 unspecified atom stereocenters. The first kappa shape index (κ1) is 31.1. The van der Waals surface area contributed by atoms with Crippen LogP contribution in [0, 0.1) is 5.92 Å². The van der Waals surface area contributed by atoms with Gasteiger partial charge < -0.3 is 33.7 Å². The second-order valence-corrected chi connectivity index (χ2v) is 12.7. The van der Waals surface area contributed by atoms with Crippen molar-refractivity contribution in [3.8, 4) is 17.2 Å². The number of hydrogen-bond donors (Lipinski definition) is 1. The molecule has 2 aromatic rings. The van der Waals surface area contributed by atoms with Crippen molar-refractivity contribution in [2.75, 3.05) is 66.4 Å². The number of nitrogens with zero attached hydrogens (tertiary/aromatic N) is 3. The van der Waals surface area contributed by atoms with E-state index in [0.717, 1.165) is 36.7 Å². The molecule has 1 fully saturated rings. The third kappa shape index (κ3) is 7.60. The van der Waals surface area contributed by atoms with E-state index in [1.54, 1.807) is 17.0 Å². The first-order chi connectivity index (χ1) is 20.8. The number of carbonyl (C=O) groups is 1. The largest absolute Gasteiger partial charge is 0.497 e. The highest BCUT2D eigenvalue weighted by Gasteiger charge is 2.31. The van der Waals surface area contributed by atoms with Crippen LogP contribution in [0.25, 0.3) is 0 Å². The molecule has 3 heterocycles. The van der Waals surface area contributed by atoms with Crippen LogP contribution in [0.1, 0.15) is 18.9 Å². The van der Waals surface area contributed by atoms with E-state index in [9.17, 15) is 18.3 Å². The SMILES string of the molecule is COc1ccc(S(=O)(=O)N(CCO)CCO[C@H]2C[C@@H](C)C=C(C(=O)N3CCN(Cc4ccc5c(c4)OCO5)CC3)O2)cc1. The normalized spacial score (nSPS) is 20.6. The molecule has 234 valence electrons. The van der Waals surface area contributed by atoms with Crippen LogP contribution in [-0.4, -0.2) is 106 Å². The average molecular weight is 618 g/mol. The quantitative estimate of drug-likeness (QED) is 0.378. The molecule has 2 atom stereocenters. The summed E-state index contributed by atoms with van der Waals surface area (Å²) in [7, 11) is -2.35. The molecule has 0 radical (unpaired) electrons. The Labute approximate surface area is 252 Å². The van der Waals surface area contributed by atoms with Crippen molar-refractivity contribution in [1.82, 2.24) is 14.1 Å². The maximum absolute atomic E-state index is 13.3. The van der Waals surface area contributed by atoms with Crippen LogP contribution in [-0.2, 0) is 30.8 Å². The molecule has 0 aliphatic carbocycles. The van der Waals surface area contributed by atoms with Crippen LogP contribution < -0.4 is 14.2 Å². The minimum atomic E-state index is -3.86. The monoisotopic (exact) mass is 617 g/mol. The van der Waals surface area contributed by atoms with Gasteiger partial charge >= 0.3 is 0 Å². The fourth-order valence-corrected chi connectivity index (χ4v) is 6.71. The Bertz CT molecular complexity index is 1390. The number of amides is 1. The predicted molar refractivity (Wildman–Crippen MR) is 156 cm³/mol. The van der Waals surface area contributed by atoms with E-state index in [1.165, 1.54) is 23.5 Å². The maximum atomic E-state index is 13.3. The van der Waals surface area contributed by atoms with Crippen molar-refractivity contribution in [2.45, 2.75) is 31.1 Å². The van der Waals surface area contributed by atoms with Crippen molar-refractivity contribution in [3.05, 3.63) is 59.9 Å². The fourth-order valence-electron chi connectivity index (χ4n) is 5.29. The van der Waals surface area contributed by atoms with Crippen LogP contribution in [0.5, 0.6) is 17.2 Å². The number of benzene rings is 2. The number of sulfonamides is 1. The smallest absolute Gasteiger partial charge is 0.288 e. The molecule has 12 nitrogen and oxygen atoms in total. The third-order valence-corrected chi connectivity index (χ3v) is 9.58. The number of aliphatic hydroxyl groups is 1. The van der Waals surface area contributed by atoms with Crippen LogP contribution >= 0.6 is 0 Å². The number of rotatable bonds is 12. The number of fused-ring (bicyclic) bond motifs is 1. The molecule has 3 aliphatic heterocycles. The van der Waals surface area contributed by atoms with E-state index in [4.69, 9.17) is 23.7 Å². The first-order valence-corrected chi connectivity index (χ1v) is 15.9. The van der Waals surface area contributed by atoms with Crippen molar-refractivity contribution < 1.29 is 42.0 Å². The van der Waals surface area contributed by atoms with E-state index >= 15 is 0 Å². The number of methoxy groups -OCH3 is 1. The molecular formula is C30H39N3O9S. The molecule has 0 saturated carbocycles. The first-order valence-electron chi connectivity index (χ1n) is 14.4. The lowest BCUT2D eigenvalue weighted by Crippen LogP contribution is -2.49. The van der Waals surface area contributed by atoms with Gasteiger partial charge in [-0.25, -0.2) is 8.42 Å². The zero-order valence-corrected chi connectivity index (χ0v) is 25.3. The van der Waals surface area contributed by atoms with Gasteiger partial charge in [0.25, 0.3) is 5.91 Å². The van der Waals surface area contributed by atoms with Crippen LogP contribution in [0.15, 0.2) is 59.2 Å². The number of piperazine rings is 1. The summed E-state index contributed by atoms with van der Waals surface area (Å²) >= 11 is 0. The van der Waals surface area contributed by atoms with Gasteiger partial charge in [-0.1, -0.05) is 13.0 Å². The highest BCUT2D eigenvalue weighted by atomic mass is 32.2. The summed E-state index contributed by atoms with van der Waals surface area (Å²) in [5, 5.41) is 9.50. The third-order valence-electron chi connectivity index (χ3n) is 7.66. The summed E-state index contributed by atoms with van der Waals surface area (Å²) in [6, 6.07) is 12.0. The summed E-state index contributed by atoms with van der Waals surface area (Å²) < 4.78 is 55.3. The molecule has 43 heavy (non-hydrogen) atoms. The van der Waals surface area contributed by atoms with Crippen molar-refractivity contribution in [1.29, 1.82) is 0 Å². The van der Waals surface area contributed by atoms with E-state index in [-0.39, 0.29) is 55.6 Å². The minimum absolute atomic E-state index is 0.0154. The van der Waals surface area contributed by atoms with E-state index < -0.39 is 16.3 Å². The van der Waals surface area contributed by atoms with Crippen molar-refractivity contribution >= 4 is 15.9 Å². The Morgan fingerprint density at radius 2 is 1.79 bits per heavy atom. The lowest BCUT2D eigenvalue weighted by atomic mass is 10.0. The zero-order valence-electron chi connectivity index (χ0n) is 24.5. The van der Waals surface area contributed by atoms with Gasteiger partial charge in [-0.2, -0.15) is 4.31 Å². The topological polar surface area (TPSA) is 127 Å². The number of carbonyl (C=O) groups excluding carboxylic acids is 1. The molecule has 1 N–H and O–H groups in total. The van der Waals surface area contributed by atoms with Gasteiger partial charge in [0.2, 0.25) is 23.1 Å². The average Bonchev–Trinajstić information content (AvgIpc) is 3.48. The molecule has 0 aromatic heterocycles. The second kappa shape index (κ2) is 14.0. The molecule has 2 aromatic carbocycles. The van der Waals surface area contributed by atoms with E-state index in [2.05, 4.69) is 4.90 Å². The minimum Gasteiger partial charge on any atom is -0.497 e. The molecular weight excluding hydrogens is 578 g/mol. The number of aliphatic hydroxyl groups excluding tert-OH is 1. The summed E-state index contributed by atoms with van der Waals surface area (Å²) in [6.45, 7) is 5.23. The highest BCUT2D eigenvalue weighted by molar-refractivity contribution is 7.89. The number of ether oxygens (including phenoxy) is 5. The maximum Gasteiger partial charge on any atom is 0.288 e. The van der Waals surface area contributed by atoms with Gasteiger partial charge in [-0.15, -0.1) is 0 Å². The summed E-state index contributed by atoms with van der Waals surface area (Å²) in [5.74, 6) is 2.19. The van der Waals surface area contributed by atoms with Gasteiger partial charge in [0.1, 0.15) is 5.75 Å². The van der Waals surface area contributed by atoms with Crippen LogP contribution in [0.4, 0.5) is 0 Å². The van der Waals surface area contributed by atoms with Gasteiger partial charge in [0.05, 0.1) is 25.2 Å². The fraction of sp³-hybridized carbons (Fsp3) is 0.500. The van der Waals surface area contributed by atoms with Gasteiger partial charge in [0.15, 0.2) is 17.3 Å². The van der Waals surface area contributed by atoms with Crippen molar-refractivity contribution in [2.24, 2.45) is 5.92 Å². The molecule has 3 aliphatic rings. The van der Waals surface area contributed by atoms with Gasteiger partial charge in [-0.05, 0) is 54.0 Å². The Hall–Kier alpha value is -3.36. The molecule has 5 rings (SSSR count). The van der Waals surface area contributed by atoms with E-state index in [0.29, 0.717) is 25.3 Å². The Kier molecular flexibility index (Phi) is 10.1. The Morgan fingerprint density at radius 3 is 2.51 bits per heavy atom. The Morgan fingerprint density at radius 1 is 1.05 bits per heavy atom. The Balaban J connectivity index is 1.11. The highest BCUT2D eigenvalue weighted by Crippen LogP contribution is 2.33. The molecule has 13 heteroatoms. The van der Waals surface area contributed by atoms with E-state index in [1.807, 2.05) is 31.2 Å². The lowest BCUT2D eigenvalue weighted by Gasteiger charge is -2.36. The molecule has 0 bridgehead atoms. The number of hydrogen-bond acceptors (Lipinski definition) is 10. The standard InChI is InChI=1S/C30H39N3O9S/c1-22-17-28(30(35)32-11-9-31(10-12-32)20-23-3-8-26-27(19-23)41-21-40-26)42-29(18-22)39-16-14-33(13-15-34)43(36,37)25-6-4-24(38-2)5-7-25/h3-8,17,19,22,29,34H,9-16,18,20-21H2,1-2H3/t22-,29+/m0/s1. The summed E-state index contributed by atoms with van der Waals surface area (Å²) in [4.78, 5) is 17.5. The van der Waals surface area contributed by atoms with Crippen molar-refractivity contribution in [3.63, 3.8) is 0 Å². The van der Waals surface area contributed by atoms with Crippen LogP contribution in [0.3, 0.4) is 0 Å². The second-order valence-electron chi connectivity index (χ2n) is 10.7. The summed E-state index contributed by atoms with van der Waals surface area (Å²) in [5.41, 5.74) is 1.13. The molecule has 1 amide bonds. The predicted octanol–water partition coefficient (Wildman–Crippen LogP) is 2.03. The summed E-state index contributed by atoms with van der Waals surface area (Å²) in [6.07, 6.45) is 1.67. The van der Waals surface area contributed by atoms with Crippen LogP contribution in [0.2, 0.25) is 0 Å². The molecule has 0 spiro atoms. The zero-order chi connectivity index (χ0) is 30.4.